The zero-order chi connectivity index (χ0) is 14.7. The molecule has 3 aromatic rings. The van der Waals surface area contributed by atoms with Crippen molar-refractivity contribution in [3.63, 3.8) is 0 Å². The van der Waals surface area contributed by atoms with E-state index in [1.54, 1.807) is 0 Å². The van der Waals surface area contributed by atoms with E-state index in [1.165, 1.54) is 5.56 Å². The second-order valence-corrected chi connectivity index (χ2v) is 5.75. The highest BCUT2D eigenvalue weighted by molar-refractivity contribution is 9.10. The molecule has 1 heterocycles. The van der Waals surface area contributed by atoms with Crippen LogP contribution in [0.3, 0.4) is 0 Å². The van der Waals surface area contributed by atoms with E-state index in [-0.39, 0.29) is 6.04 Å². The molecule has 21 heavy (non-hydrogen) atoms. The van der Waals surface area contributed by atoms with Gasteiger partial charge in [-0.15, -0.1) is 0 Å². The number of aromatic nitrogens is 2. The van der Waals surface area contributed by atoms with E-state index < -0.39 is 0 Å². The van der Waals surface area contributed by atoms with Crippen LogP contribution in [0.1, 0.15) is 11.6 Å². The molecule has 0 spiro atoms. The van der Waals surface area contributed by atoms with Crippen molar-refractivity contribution in [1.82, 2.24) is 9.55 Å². The Morgan fingerprint density at radius 3 is 2.62 bits per heavy atom. The molecule has 0 aliphatic carbocycles. The summed E-state index contributed by atoms with van der Waals surface area (Å²) in [5.74, 6) is 0.936. The van der Waals surface area contributed by atoms with Gasteiger partial charge in [-0.05, 0) is 17.7 Å². The first kappa shape index (κ1) is 14.0. The summed E-state index contributed by atoms with van der Waals surface area (Å²) in [4.78, 5) is 4.50. The summed E-state index contributed by atoms with van der Waals surface area (Å²) in [7, 11) is 0. The molecular formula is C17H16BrN3. The second kappa shape index (κ2) is 6.24. The molecule has 0 radical (unpaired) electrons. The zero-order valence-corrected chi connectivity index (χ0v) is 13.1. The topological polar surface area (TPSA) is 43.8 Å². The maximum Gasteiger partial charge on any atom is 0.140 e. The highest BCUT2D eigenvalue weighted by atomic mass is 79.9. The maximum atomic E-state index is 6.03. The molecule has 1 unspecified atom stereocenters. The first-order valence-corrected chi connectivity index (χ1v) is 7.62. The number of hydrogen-bond acceptors (Lipinski definition) is 2. The summed E-state index contributed by atoms with van der Waals surface area (Å²) in [6.07, 6.45) is 3.81. The van der Waals surface area contributed by atoms with Gasteiger partial charge in [0, 0.05) is 29.0 Å². The largest absolute Gasteiger partial charge is 0.328 e. The Bertz CT molecular complexity index is 722. The fourth-order valence-corrected chi connectivity index (χ4v) is 2.92. The van der Waals surface area contributed by atoms with Crippen LogP contribution in [0, 0.1) is 0 Å². The molecule has 0 aliphatic rings. The van der Waals surface area contributed by atoms with E-state index in [9.17, 15) is 0 Å². The van der Waals surface area contributed by atoms with Gasteiger partial charge in [-0.25, -0.2) is 4.98 Å². The third-order valence-corrected chi connectivity index (χ3v) is 3.99. The Balaban J connectivity index is 2.05. The van der Waals surface area contributed by atoms with Gasteiger partial charge >= 0.3 is 0 Å². The summed E-state index contributed by atoms with van der Waals surface area (Å²) in [6.45, 7) is 0.520. The molecule has 4 heteroatoms. The number of imidazole rings is 1. The molecule has 1 aromatic heterocycles. The summed E-state index contributed by atoms with van der Waals surface area (Å²) in [6, 6.07) is 18.5. The van der Waals surface area contributed by atoms with E-state index in [4.69, 9.17) is 5.73 Å². The molecule has 3 rings (SSSR count). The lowest BCUT2D eigenvalue weighted by Crippen LogP contribution is -2.20. The minimum absolute atomic E-state index is 0.0696. The van der Waals surface area contributed by atoms with Crippen molar-refractivity contribution in [3.05, 3.63) is 77.0 Å². The summed E-state index contributed by atoms with van der Waals surface area (Å²) < 4.78 is 3.19. The average molecular weight is 342 g/mol. The quantitative estimate of drug-likeness (QED) is 0.782. The summed E-state index contributed by atoms with van der Waals surface area (Å²) in [5, 5.41) is 0. The van der Waals surface area contributed by atoms with Crippen LogP contribution in [-0.2, 0) is 0 Å². The Kier molecular flexibility index (Phi) is 4.18. The predicted molar refractivity (Wildman–Crippen MR) is 89.0 cm³/mol. The molecule has 0 aliphatic heterocycles. The van der Waals surface area contributed by atoms with Crippen LogP contribution < -0.4 is 5.73 Å². The van der Waals surface area contributed by atoms with Gasteiger partial charge in [0.25, 0.3) is 0 Å². The lowest BCUT2D eigenvalue weighted by Gasteiger charge is -2.20. The third kappa shape index (κ3) is 2.91. The van der Waals surface area contributed by atoms with Crippen molar-refractivity contribution < 1.29 is 0 Å². The number of nitrogens with two attached hydrogens (primary N) is 1. The van der Waals surface area contributed by atoms with Crippen molar-refractivity contribution in [2.45, 2.75) is 6.04 Å². The first-order valence-electron chi connectivity index (χ1n) is 6.83. The van der Waals surface area contributed by atoms with Crippen LogP contribution in [0.5, 0.6) is 0 Å². The normalized spacial score (nSPS) is 12.3. The van der Waals surface area contributed by atoms with Gasteiger partial charge in [-0.3, -0.25) is 0 Å². The SMILES string of the molecule is NCC(c1cccc(Br)c1)n1ccnc1-c1ccccc1. The van der Waals surface area contributed by atoms with Gasteiger partial charge in [-0.2, -0.15) is 0 Å². The summed E-state index contributed by atoms with van der Waals surface area (Å²) in [5.41, 5.74) is 8.29. The van der Waals surface area contributed by atoms with E-state index >= 15 is 0 Å². The lowest BCUT2D eigenvalue weighted by atomic mass is 10.1. The zero-order valence-electron chi connectivity index (χ0n) is 11.5. The molecule has 0 fully saturated rings. The highest BCUT2D eigenvalue weighted by Gasteiger charge is 2.16. The minimum Gasteiger partial charge on any atom is -0.328 e. The molecule has 1 atom stereocenters. The third-order valence-electron chi connectivity index (χ3n) is 3.49. The first-order chi connectivity index (χ1) is 10.3. The predicted octanol–water partition coefficient (Wildman–Crippen LogP) is 3.86. The van der Waals surface area contributed by atoms with Gasteiger partial charge in [0.2, 0.25) is 0 Å². The van der Waals surface area contributed by atoms with Crippen LogP contribution in [0.25, 0.3) is 11.4 Å². The van der Waals surface area contributed by atoms with Crippen molar-refractivity contribution in [2.24, 2.45) is 5.73 Å². The van der Waals surface area contributed by atoms with Crippen LogP contribution in [0.15, 0.2) is 71.5 Å². The Hall–Kier alpha value is -1.91. The fourth-order valence-electron chi connectivity index (χ4n) is 2.50. The van der Waals surface area contributed by atoms with Crippen LogP contribution in [-0.4, -0.2) is 16.1 Å². The molecule has 0 saturated heterocycles. The monoisotopic (exact) mass is 341 g/mol. The Labute approximate surface area is 132 Å². The van der Waals surface area contributed by atoms with E-state index in [0.717, 1.165) is 15.9 Å². The second-order valence-electron chi connectivity index (χ2n) is 4.83. The molecule has 0 saturated carbocycles. The minimum atomic E-state index is 0.0696. The van der Waals surface area contributed by atoms with Gasteiger partial charge in [0.05, 0.1) is 6.04 Å². The molecule has 0 bridgehead atoms. The van der Waals surface area contributed by atoms with Crippen LogP contribution in [0.2, 0.25) is 0 Å². The highest BCUT2D eigenvalue weighted by Crippen LogP contribution is 2.26. The van der Waals surface area contributed by atoms with E-state index in [0.29, 0.717) is 6.54 Å². The average Bonchev–Trinajstić information content (AvgIpc) is 2.98. The van der Waals surface area contributed by atoms with E-state index in [1.807, 2.05) is 42.7 Å². The molecule has 0 amide bonds. The molecule has 2 aromatic carbocycles. The molecule has 2 N–H and O–H groups in total. The smallest absolute Gasteiger partial charge is 0.140 e. The fraction of sp³-hybridized carbons (Fsp3) is 0.118. The number of benzene rings is 2. The number of rotatable bonds is 4. The standard InChI is InChI=1S/C17H16BrN3/c18-15-8-4-7-14(11-15)16(12-19)21-10-9-20-17(21)13-5-2-1-3-6-13/h1-11,16H,12,19H2. The molecular weight excluding hydrogens is 326 g/mol. The van der Waals surface area contributed by atoms with Gasteiger partial charge in [0.15, 0.2) is 0 Å². The van der Waals surface area contributed by atoms with Gasteiger partial charge in [0.1, 0.15) is 5.82 Å². The van der Waals surface area contributed by atoms with E-state index in [2.05, 4.69) is 49.7 Å². The van der Waals surface area contributed by atoms with Crippen molar-refractivity contribution in [1.29, 1.82) is 0 Å². The van der Waals surface area contributed by atoms with Crippen molar-refractivity contribution in [3.8, 4) is 11.4 Å². The van der Waals surface area contributed by atoms with Gasteiger partial charge < -0.3 is 10.3 Å². The molecule has 3 nitrogen and oxygen atoms in total. The maximum absolute atomic E-state index is 6.03. The van der Waals surface area contributed by atoms with Gasteiger partial charge in [-0.1, -0.05) is 58.4 Å². The van der Waals surface area contributed by atoms with Crippen LogP contribution in [0.4, 0.5) is 0 Å². The Morgan fingerprint density at radius 1 is 1.10 bits per heavy atom. The lowest BCUT2D eigenvalue weighted by molar-refractivity contribution is 0.600. The van der Waals surface area contributed by atoms with Crippen LogP contribution >= 0.6 is 15.9 Å². The Morgan fingerprint density at radius 2 is 1.90 bits per heavy atom. The number of halogens is 1. The number of nitrogens with zero attached hydrogens (tertiary/aromatic N) is 2. The van der Waals surface area contributed by atoms with Crippen molar-refractivity contribution >= 4 is 15.9 Å². The number of hydrogen-bond donors (Lipinski definition) is 1. The van der Waals surface area contributed by atoms with Crippen molar-refractivity contribution in [2.75, 3.05) is 6.54 Å². The summed E-state index contributed by atoms with van der Waals surface area (Å²) >= 11 is 3.52. The molecule has 106 valence electrons.